The Balaban J connectivity index is 1.52. The predicted octanol–water partition coefficient (Wildman–Crippen LogP) is 5.07. The summed E-state index contributed by atoms with van der Waals surface area (Å²) < 4.78 is 13.8. The monoisotopic (exact) mass is 448 g/mol. The zero-order valence-corrected chi connectivity index (χ0v) is 18.4. The number of benzene rings is 3. The molecule has 7 heterocycles. The van der Waals surface area contributed by atoms with Crippen molar-refractivity contribution in [1.29, 1.82) is 0 Å². The molecular formula is C30H16N4O+2. The summed E-state index contributed by atoms with van der Waals surface area (Å²) in [5, 5.41) is 3.52. The lowest BCUT2D eigenvalue weighted by molar-refractivity contribution is -0.950. The van der Waals surface area contributed by atoms with Crippen LogP contribution < -0.4 is 13.9 Å². The Labute approximate surface area is 198 Å². The Bertz CT molecular complexity index is 2160. The van der Waals surface area contributed by atoms with Gasteiger partial charge in [0.1, 0.15) is 40.5 Å². The summed E-state index contributed by atoms with van der Waals surface area (Å²) in [6.45, 7) is 0. The second kappa shape index (κ2) is 5.15. The Kier molecular flexibility index (Phi) is 2.47. The van der Waals surface area contributed by atoms with E-state index in [1.807, 2.05) is 0 Å². The van der Waals surface area contributed by atoms with Gasteiger partial charge in [0.2, 0.25) is 5.69 Å². The summed E-state index contributed by atoms with van der Waals surface area (Å²) in [5.74, 6) is 1.84. The number of pyridine rings is 3. The van der Waals surface area contributed by atoms with Gasteiger partial charge in [-0.25, -0.2) is 4.98 Å². The summed E-state index contributed by atoms with van der Waals surface area (Å²) in [6, 6.07) is 27.8. The summed E-state index contributed by atoms with van der Waals surface area (Å²) in [6.07, 6.45) is 6.63. The molecule has 160 valence electrons. The molecule has 3 aliphatic rings. The van der Waals surface area contributed by atoms with E-state index in [0.717, 1.165) is 38.8 Å². The first-order chi connectivity index (χ1) is 17.4. The van der Waals surface area contributed by atoms with Gasteiger partial charge in [0.15, 0.2) is 11.7 Å². The van der Waals surface area contributed by atoms with Gasteiger partial charge < -0.3 is 4.74 Å². The summed E-state index contributed by atoms with van der Waals surface area (Å²) in [4.78, 5) is 5.17. The van der Waals surface area contributed by atoms with Crippen molar-refractivity contribution in [2.45, 2.75) is 5.66 Å². The fourth-order valence-corrected chi connectivity index (χ4v) is 6.99. The van der Waals surface area contributed by atoms with Crippen LogP contribution >= 0.6 is 0 Å². The molecule has 0 saturated carbocycles. The maximum atomic E-state index is 6.61. The summed E-state index contributed by atoms with van der Waals surface area (Å²) in [5.41, 5.74) is 8.63. The van der Waals surface area contributed by atoms with E-state index in [2.05, 4.69) is 111 Å². The molecule has 0 aliphatic carbocycles. The van der Waals surface area contributed by atoms with Crippen LogP contribution in [-0.4, -0.2) is 9.38 Å². The van der Waals surface area contributed by atoms with Crippen LogP contribution in [0.1, 0.15) is 11.1 Å². The zero-order valence-electron chi connectivity index (χ0n) is 18.4. The minimum absolute atomic E-state index is 0.524. The molecule has 7 aromatic rings. The molecule has 5 nitrogen and oxygen atoms in total. The van der Waals surface area contributed by atoms with Crippen molar-refractivity contribution in [2.75, 3.05) is 0 Å². The number of fused-ring (bicyclic) bond motifs is 6. The van der Waals surface area contributed by atoms with Crippen molar-refractivity contribution in [2.24, 2.45) is 0 Å². The lowest BCUT2D eigenvalue weighted by atomic mass is 9.86. The highest BCUT2D eigenvalue weighted by molar-refractivity contribution is 6.14. The number of aromatic nitrogens is 4. The lowest BCUT2D eigenvalue weighted by Crippen LogP contribution is -2.71. The third-order valence-corrected chi connectivity index (χ3v) is 8.21. The van der Waals surface area contributed by atoms with Gasteiger partial charge in [0.25, 0.3) is 0 Å². The second-order valence-electron chi connectivity index (χ2n) is 9.68. The van der Waals surface area contributed by atoms with Crippen molar-refractivity contribution in [3.63, 3.8) is 0 Å². The van der Waals surface area contributed by atoms with Crippen LogP contribution in [0.2, 0.25) is 0 Å². The highest BCUT2D eigenvalue weighted by atomic mass is 16.5. The van der Waals surface area contributed by atoms with E-state index >= 15 is 0 Å². The van der Waals surface area contributed by atoms with Gasteiger partial charge in [-0.3, -0.25) is 0 Å². The van der Waals surface area contributed by atoms with E-state index in [0.29, 0.717) is 0 Å². The van der Waals surface area contributed by atoms with Crippen molar-refractivity contribution < 1.29 is 13.9 Å². The maximum Gasteiger partial charge on any atom is 0.371 e. The van der Waals surface area contributed by atoms with Crippen molar-refractivity contribution in [3.05, 3.63) is 109 Å². The average molecular weight is 448 g/mol. The van der Waals surface area contributed by atoms with Gasteiger partial charge in [-0.1, -0.05) is 24.3 Å². The van der Waals surface area contributed by atoms with E-state index in [1.54, 1.807) is 0 Å². The Hall–Kier alpha value is -4.77. The second-order valence-corrected chi connectivity index (χ2v) is 9.68. The van der Waals surface area contributed by atoms with Crippen LogP contribution in [0, 0.1) is 0 Å². The number of nitrogens with zero attached hydrogens (tertiary/aromatic N) is 4. The number of ether oxygens (including phenoxy) is 1. The van der Waals surface area contributed by atoms with E-state index in [1.165, 1.54) is 33.4 Å². The van der Waals surface area contributed by atoms with Crippen molar-refractivity contribution in [3.8, 4) is 22.8 Å². The molecule has 0 amide bonds. The molecule has 1 unspecified atom stereocenters. The molecule has 0 N–H and O–H groups in total. The van der Waals surface area contributed by atoms with Crippen molar-refractivity contribution >= 4 is 38.4 Å². The highest BCUT2D eigenvalue weighted by Crippen LogP contribution is 2.56. The maximum absolute atomic E-state index is 6.61. The molecule has 10 rings (SSSR count). The first-order valence-corrected chi connectivity index (χ1v) is 11.9. The Morgan fingerprint density at radius 1 is 0.800 bits per heavy atom. The summed E-state index contributed by atoms with van der Waals surface area (Å²) in [7, 11) is 0. The third kappa shape index (κ3) is 1.58. The van der Waals surface area contributed by atoms with Gasteiger partial charge in [-0.15, -0.1) is 4.57 Å². The number of rotatable bonds is 0. The van der Waals surface area contributed by atoms with Gasteiger partial charge in [-0.05, 0) is 42.5 Å². The van der Waals surface area contributed by atoms with Gasteiger partial charge in [-0.2, -0.15) is 8.97 Å². The first-order valence-electron chi connectivity index (χ1n) is 11.9. The van der Waals surface area contributed by atoms with Crippen LogP contribution in [0.5, 0.6) is 11.5 Å². The minimum atomic E-state index is -0.524. The van der Waals surface area contributed by atoms with Crippen LogP contribution in [0.3, 0.4) is 0 Å². The zero-order chi connectivity index (χ0) is 22.5. The molecule has 0 fully saturated rings. The Morgan fingerprint density at radius 3 is 2.71 bits per heavy atom. The molecule has 1 spiro atoms. The fourth-order valence-electron chi connectivity index (χ4n) is 6.99. The molecule has 0 radical (unpaired) electrons. The molecule has 0 saturated heterocycles. The molecule has 5 heteroatoms. The molecule has 3 aliphatic heterocycles. The van der Waals surface area contributed by atoms with Crippen LogP contribution in [-0.2, 0) is 5.66 Å². The van der Waals surface area contributed by atoms with Gasteiger partial charge in [0, 0.05) is 22.9 Å². The fraction of sp³-hybridized carbons (Fsp3) is 0.0333. The quantitative estimate of drug-likeness (QED) is 0.185. The topological polar surface area (TPSA) is 34.3 Å². The lowest BCUT2D eigenvalue weighted by Gasteiger charge is -2.27. The summed E-state index contributed by atoms with van der Waals surface area (Å²) >= 11 is 0. The van der Waals surface area contributed by atoms with Crippen molar-refractivity contribution in [1.82, 2.24) is 9.38 Å². The largest absolute Gasteiger partial charge is 0.456 e. The van der Waals surface area contributed by atoms with E-state index in [-0.39, 0.29) is 0 Å². The van der Waals surface area contributed by atoms with E-state index < -0.39 is 5.66 Å². The third-order valence-electron chi connectivity index (χ3n) is 8.21. The van der Waals surface area contributed by atoms with Gasteiger partial charge >= 0.3 is 11.3 Å². The van der Waals surface area contributed by atoms with Crippen LogP contribution in [0.4, 0.5) is 0 Å². The molecule has 4 aromatic heterocycles. The normalized spacial score (nSPS) is 18.1. The molecule has 3 aromatic carbocycles. The smallest absolute Gasteiger partial charge is 0.371 e. The standard InChI is InChI=1S/C30H16N4O/c1-2-8-20-17(6-1)16-22-28(31-20)19-11-12-24-27-25(19)29-32(22)14-15-34(29)30(27)26-18(7-5-10-23(26)35-24)21-9-3-4-13-33(21)30/h1-16H/q+2. The molecule has 35 heavy (non-hydrogen) atoms. The minimum Gasteiger partial charge on any atom is -0.456 e. The van der Waals surface area contributed by atoms with E-state index in [4.69, 9.17) is 9.72 Å². The number of hydrogen-bond donors (Lipinski definition) is 0. The first kappa shape index (κ1) is 16.8. The number of hydrogen-bond acceptors (Lipinski definition) is 2. The molecular weight excluding hydrogens is 432 g/mol. The molecule has 1 atom stereocenters. The van der Waals surface area contributed by atoms with Gasteiger partial charge in [0.05, 0.1) is 16.5 Å². The molecule has 0 bridgehead atoms. The SMILES string of the molecule is c1cc2c3c(c1)-c1cccc[n+]1C31c3c(ccc4c5nc6ccccc6cc5n5cc[n+]1c5c34)O2. The highest BCUT2D eigenvalue weighted by Gasteiger charge is 2.68. The predicted molar refractivity (Wildman–Crippen MR) is 132 cm³/mol. The average Bonchev–Trinajstić information content (AvgIpc) is 3.56. The number of para-hydroxylation sites is 1. The Morgan fingerprint density at radius 2 is 1.71 bits per heavy atom. The number of imidazole rings is 1. The van der Waals surface area contributed by atoms with E-state index in [9.17, 15) is 0 Å². The van der Waals surface area contributed by atoms with Crippen LogP contribution in [0.25, 0.3) is 49.6 Å². The van der Waals surface area contributed by atoms with Crippen LogP contribution in [0.15, 0.2) is 97.5 Å².